The van der Waals surface area contributed by atoms with Crippen LogP contribution in [0, 0.1) is 12.8 Å². The molecule has 3 nitrogen and oxygen atoms in total. The maximum atomic E-state index is 12.3. The van der Waals surface area contributed by atoms with Crippen LogP contribution < -0.4 is 5.32 Å². The van der Waals surface area contributed by atoms with E-state index in [2.05, 4.69) is 24.1 Å². The number of hydrogen-bond donors (Lipinski definition) is 1. The first kappa shape index (κ1) is 16.0. The summed E-state index contributed by atoms with van der Waals surface area (Å²) in [5.74, 6) is 0.599. The molecule has 1 aromatic rings. The van der Waals surface area contributed by atoms with Crippen molar-refractivity contribution in [1.82, 2.24) is 10.2 Å². The Morgan fingerprint density at radius 2 is 1.95 bits per heavy atom. The van der Waals surface area contributed by atoms with Crippen LogP contribution in [0.3, 0.4) is 0 Å². The number of nitrogens with zero attached hydrogens (tertiary/aromatic N) is 1. The molecule has 0 bridgehead atoms. The van der Waals surface area contributed by atoms with Crippen LogP contribution in [0.4, 0.5) is 0 Å². The van der Waals surface area contributed by atoms with Gasteiger partial charge in [0, 0.05) is 18.2 Å². The van der Waals surface area contributed by atoms with E-state index in [1.165, 1.54) is 32.4 Å². The Kier molecular flexibility index (Phi) is 5.80. The normalized spacial score (nSPS) is 17.7. The van der Waals surface area contributed by atoms with Gasteiger partial charge >= 0.3 is 0 Å². The summed E-state index contributed by atoms with van der Waals surface area (Å²) in [5.41, 5.74) is 1.88. The topological polar surface area (TPSA) is 32.3 Å². The average Bonchev–Trinajstić information content (AvgIpc) is 2.48. The van der Waals surface area contributed by atoms with Crippen LogP contribution in [-0.2, 0) is 0 Å². The van der Waals surface area contributed by atoms with Gasteiger partial charge in [-0.1, -0.05) is 38.0 Å². The predicted molar refractivity (Wildman–Crippen MR) is 87.6 cm³/mol. The summed E-state index contributed by atoms with van der Waals surface area (Å²) in [6.45, 7) is 9.59. The second kappa shape index (κ2) is 7.60. The van der Waals surface area contributed by atoms with Crippen molar-refractivity contribution in [2.75, 3.05) is 19.6 Å². The molecular weight excluding hydrogens is 260 g/mol. The fourth-order valence-corrected chi connectivity index (χ4v) is 3.12. The van der Waals surface area contributed by atoms with Gasteiger partial charge in [0.05, 0.1) is 0 Å². The van der Waals surface area contributed by atoms with Crippen molar-refractivity contribution < 1.29 is 4.79 Å². The monoisotopic (exact) mass is 288 g/mol. The lowest BCUT2D eigenvalue weighted by atomic mass is 9.99. The van der Waals surface area contributed by atoms with Crippen molar-refractivity contribution in [3.8, 4) is 0 Å². The van der Waals surface area contributed by atoms with Gasteiger partial charge in [0.25, 0.3) is 5.91 Å². The van der Waals surface area contributed by atoms with Gasteiger partial charge in [0.15, 0.2) is 0 Å². The highest BCUT2D eigenvalue weighted by atomic mass is 16.1. The van der Waals surface area contributed by atoms with Crippen molar-refractivity contribution in [2.45, 2.75) is 46.1 Å². The molecule has 1 heterocycles. The molecular formula is C18H28N2O. The molecule has 1 saturated heterocycles. The second-order valence-corrected chi connectivity index (χ2v) is 6.49. The van der Waals surface area contributed by atoms with Gasteiger partial charge in [-0.25, -0.2) is 0 Å². The van der Waals surface area contributed by atoms with Crippen molar-refractivity contribution in [1.29, 1.82) is 0 Å². The molecule has 1 aliphatic heterocycles. The number of hydrogen-bond acceptors (Lipinski definition) is 2. The van der Waals surface area contributed by atoms with E-state index in [1.54, 1.807) is 0 Å². The summed E-state index contributed by atoms with van der Waals surface area (Å²) in [5, 5.41) is 3.12. The minimum atomic E-state index is 0.0429. The summed E-state index contributed by atoms with van der Waals surface area (Å²) >= 11 is 0. The van der Waals surface area contributed by atoms with Gasteiger partial charge in [-0.15, -0.1) is 0 Å². The van der Waals surface area contributed by atoms with E-state index in [0.29, 0.717) is 12.0 Å². The van der Waals surface area contributed by atoms with E-state index < -0.39 is 0 Å². The van der Waals surface area contributed by atoms with E-state index >= 15 is 0 Å². The summed E-state index contributed by atoms with van der Waals surface area (Å²) < 4.78 is 0. The highest BCUT2D eigenvalue weighted by Gasteiger charge is 2.23. The zero-order valence-corrected chi connectivity index (χ0v) is 13.6. The average molecular weight is 288 g/mol. The molecule has 1 fully saturated rings. The lowest BCUT2D eigenvalue weighted by molar-refractivity contribution is 0.0895. The molecule has 0 spiro atoms. The SMILES string of the molecule is Cc1cccc(C(=O)NCC(C(C)C)N2CCCCC2)c1. The number of rotatable bonds is 5. The third kappa shape index (κ3) is 4.57. The first-order valence-electron chi connectivity index (χ1n) is 8.17. The molecule has 0 saturated carbocycles. The van der Waals surface area contributed by atoms with E-state index in [-0.39, 0.29) is 5.91 Å². The third-order valence-electron chi connectivity index (χ3n) is 4.38. The highest BCUT2D eigenvalue weighted by Crippen LogP contribution is 2.17. The first-order chi connectivity index (χ1) is 10.1. The zero-order valence-electron chi connectivity index (χ0n) is 13.6. The van der Waals surface area contributed by atoms with Crippen LogP contribution in [-0.4, -0.2) is 36.5 Å². The van der Waals surface area contributed by atoms with Gasteiger partial charge in [0.1, 0.15) is 0 Å². The number of benzene rings is 1. The van der Waals surface area contributed by atoms with E-state index in [9.17, 15) is 4.79 Å². The van der Waals surface area contributed by atoms with E-state index in [1.807, 2.05) is 31.2 Å². The van der Waals surface area contributed by atoms with Crippen molar-refractivity contribution in [3.05, 3.63) is 35.4 Å². The minimum Gasteiger partial charge on any atom is -0.350 e. The highest BCUT2D eigenvalue weighted by molar-refractivity contribution is 5.94. The molecule has 0 aromatic heterocycles. The Morgan fingerprint density at radius 3 is 2.57 bits per heavy atom. The van der Waals surface area contributed by atoms with Crippen LogP contribution in [0.1, 0.15) is 49.0 Å². The smallest absolute Gasteiger partial charge is 0.251 e. The molecule has 1 unspecified atom stereocenters. The van der Waals surface area contributed by atoms with E-state index in [4.69, 9.17) is 0 Å². The molecule has 1 aliphatic rings. The molecule has 0 radical (unpaired) electrons. The fraction of sp³-hybridized carbons (Fsp3) is 0.611. The lowest BCUT2D eigenvalue weighted by Gasteiger charge is -2.37. The summed E-state index contributed by atoms with van der Waals surface area (Å²) in [4.78, 5) is 14.8. The van der Waals surface area contributed by atoms with Crippen molar-refractivity contribution in [2.24, 2.45) is 5.92 Å². The Labute approximate surface area is 128 Å². The van der Waals surface area contributed by atoms with Crippen molar-refractivity contribution >= 4 is 5.91 Å². The Bertz CT molecular complexity index is 464. The first-order valence-corrected chi connectivity index (χ1v) is 8.17. The predicted octanol–water partition coefficient (Wildman–Crippen LogP) is 3.24. The zero-order chi connectivity index (χ0) is 15.2. The number of amides is 1. The third-order valence-corrected chi connectivity index (χ3v) is 4.38. The quantitative estimate of drug-likeness (QED) is 0.902. The fourth-order valence-electron chi connectivity index (χ4n) is 3.12. The minimum absolute atomic E-state index is 0.0429. The van der Waals surface area contributed by atoms with Crippen LogP contribution in [0.15, 0.2) is 24.3 Å². The number of carbonyl (C=O) groups is 1. The van der Waals surface area contributed by atoms with Gasteiger partial charge in [-0.3, -0.25) is 9.69 Å². The van der Waals surface area contributed by atoms with Gasteiger partial charge in [0.2, 0.25) is 0 Å². The maximum Gasteiger partial charge on any atom is 0.251 e. The largest absolute Gasteiger partial charge is 0.350 e. The van der Waals surface area contributed by atoms with E-state index in [0.717, 1.165) is 17.7 Å². The lowest BCUT2D eigenvalue weighted by Crippen LogP contribution is -2.48. The maximum absolute atomic E-state index is 12.3. The number of piperidine rings is 1. The van der Waals surface area contributed by atoms with Crippen LogP contribution in [0.25, 0.3) is 0 Å². The molecule has 1 atom stereocenters. The summed E-state index contributed by atoms with van der Waals surface area (Å²) in [6, 6.07) is 8.23. The number of likely N-dealkylation sites (tertiary alicyclic amines) is 1. The van der Waals surface area contributed by atoms with Crippen LogP contribution >= 0.6 is 0 Å². The molecule has 2 rings (SSSR count). The van der Waals surface area contributed by atoms with Gasteiger partial charge < -0.3 is 5.32 Å². The van der Waals surface area contributed by atoms with Gasteiger partial charge in [-0.2, -0.15) is 0 Å². The number of aryl methyl sites for hydroxylation is 1. The molecule has 116 valence electrons. The van der Waals surface area contributed by atoms with Crippen LogP contribution in [0.2, 0.25) is 0 Å². The molecule has 1 N–H and O–H groups in total. The van der Waals surface area contributed by atoms with Crippen LogP contribution in [0.5, 0.6) is 0 Å². The van der Waals surface area contributed by atoms with Crippen molar-refractivity contribution in [3.63, 3.8) is 0 Å². The Morgan fingerprint density at radius 1 is 1.24 bits per heavy atom. The molecule has 21 heavy (non-hydrogen) atoms. The summed E-state index contributed by atoms with van der Waals surface area (Å²) in [6.07, 6.45) is 3.92. The Balaban J connectivity index is 1.93. The second-order valence-electron chi connectivity index (χ2n) is 6.49. The molecule has 3 heteroatoms. The number of nitrogens with one attached hydrogen (secondary N) is 1. The summed E-state index contributed by atoms with van der Waals surface area (Å²) in [7, 11) is 0. The molecule has 0 aliphatic carbocycles. The van der Waals surface area contributed by atoms with Gasteiger partial charge in [-0.05, 0) is 50.9 Å². The number of carbonyl (C=O) groups excluding carboxylic acids is 1. The molecule has 1 amide bonds. The standard InChI is InChI=1S/C18H28N2O/c1-14(2)17(20-10-5-4-6-11-20)13-19-18(21)16-9-7-8-15(3)12-16/h7-9,12,14,17H,4-6,10-11,13H2,1-3H3,(H,19,21). The Hall–Kier alpha value is -1.35. The molecule has 1 aromatic carbocycles.